The fourth-order valence-electron chi connectivity index (χ4n) is 3.46. The molecule has 3 aromatic rings. The third-order valence-corrected chi connectivity index (χ3v) is 4.73. The van der Waals surface area contributed by atoms with E-state index in [0.717, 1.165) is 0 Å². The van der Waals surface area contributed by atoms with Gasteiger partial charge in [-0.1, -0.05) is 0 Å². The number of hydrogen-bond donors (Lipinski definition) is 0. The average molecular weight is 517 g/mol. The Morgan fingerprint density at radius 3 is 1.22 bits per heavy atom. The molecule has 0 atom stereocenters. The molecule has 0 saturated heterocycles. The van der Waals surface area contributed by atoms with Gasteiger partial charge in [0.1, 0.15) is 34.5 Å². The van der Waals surface area contributed by atoms with Crippen molar-refractivity contribution < 1.29 is 54.8 Å². The first-order valence-electron chi connectivity index (χ1n) is 10.1. The number of hydrogen-bond acceptors (Lipinski definition) is 6. The first kappa shape index (κ1) is 26.6. The van der Waals surface area contributed by atoms with E-state index in [-0.39, 0.29) is 56.8 Å². The minimum Gasteiger partial charge on any atom is -0.463 e. The van der Waals surface area contributed by atoms with E-state index >= 15 is 0 Å². The van der Waals surface area contributed by atoms with Crippen LogP contribution in [0, 0.1) is 6.07 Å². The Hall–Kier alpha value is -3.96. The first-order valence-corrected chi connectivity index (χ1v) is 10.1. The molecule has 0 bridgehead atoms. The SMILES string of the molecule is FCOc1cc(OCF)cc(-c2c(OCF)cc(-c3c(OCF)c[c]cc3OCF)cc2OCF)c1. The largest absolute Gasteiger partial charge is 0.463 e. The van der Waals surface area contributed by atoms with Gasteiger partial charge in [-0.3, -0.25) is 0 Å². The Balaban J connectivity index is 2.30. The highest BCUT2D eigenvalue weighted by Crippen LogP contribution is 2.48. The highest BCUT2D eigenvalue weighted by molar-refractivity contribution is 5.86. The van der Waals surface area contributed by atoms with Gasteiger partial charge in [-0.2, -0.15) is 0 Å². The zero-order valence-electron chi connectivity index (χ0n) is 18.5. The molecule has 0 fully saturated rings. The van der Waals surface area contributed by atoms with Crippen LogP contribution >= 0.6 is 0 Å². The van der Waals surface area contributed by atoms with Gasteiger partial charge in [0.05, 0.1) is 11.1 Å². The van der Waals surface area contributed by atoms with Crippen LogP contribution < -0.4 is 28.4 Å². The highest BCUT2D eigenvalue weighted by Gasteiger charge is 2.22. The molecular formula is C24H19F6O6. The molecule has 3 rings (SSSR count). The van der Waals surface area contributed by atoms with Crippen LogP contribution in [-0.2, 0) is 0 Å². The van der Waals surface area contributed by atoms with Crippen LogP contribution in [0.4, 0.5) is 26.3 Å². The van der Waals surface area contributed by atoms with E-state index in [1.165, 1.54) is 42.5 Å². The maximum absolute atomic E-state index is 13.4. The first-order chi connectivity index (χ1) is 17.6. The van der Waals surface area contributed by atoms with Crippen molar-refractivity contribution in [3.05, 3.63) is 48.5 Å². The molecule has 0 amide bonds. The molecule has 193 valence electrons. The number of rotatable bonds is 14. The second kappa shape index (κ2) is 13.2. The van der Waals surface area contributed by atoms with Gasteiger partial charge in [-0.05, 0) is 53.6 Å². The maximum Gasteiger partial charge on any atom is 0.228 e. The Bertz CT molecular complexity index is 1070. The molecule has 6 nitrogen and oxygen atoms in total. The van der Waals surface area contributed by atoms with Gasteiger partial charge >= 0.3 is 0 Å². The Labute approximate surface area is 201 Å². The van der Waals surface area contributed by atoms with E-state index in [9.17, 15) is 26.3 Å². The molecule has 0 N–H and O–H groups in total. The van der Waals surface area contributed by atoms with E-state index in [0.29, 0.717) is 0 Å². The second-order valence-electron chi connectivity index (χ2n) is 6.62. The van der Waals surface area contributed by atoms with Crippen LogP contribution in [-0.4, -0.2) is 41.2 Å². The minimum absolute atomic E-state index is 0.0129. The van der Waals surface area contributed by atoms with Crippen LogP contribution in [0.15, 0.2) is 42.5 Å². The van der Waals surface area contributed by atoms with Gasteiger partial charge in [0.15, 0.2) is 0 Å². The molecule has 0 unspecified atom stereocenters. The van der Waals surface area contributed by atoms with Crippen LogP contribution in [0.5, 0.6) is 34.5 Å². The Kier molecular flexibility index (Phi) is 9.78. The number of ether oxygens (including phenoxy) is 6. The normalized spacial score (nSPS) is 10.6. The summed E-state index contributed by atoms with van der Waals surface area (Å²) < 4.78 is 108. The van der Waals surface area contributed by atoms with Gasteiger partial charge in [-0.25, -0.2) is 26.3 Å². The smallest absolute Gasteiger partial charge is 0.228 e. The summed E-state index contributed by atoms with van der Waals surface area (Å²) in [5.41, 5.74) is 0.164. The van der Waals surface area contributed by atoms with Gasteiger partial charge in [0, 0.05) is 6.07 Å². The zero-order chi connectivity index (χ0) is 25.9. The summed E-state index contributed by atoms with van der Waals surface area (Å²) in [6, 6.07) is 11.4. The van der Waals surface area contributed by atoms with Crippen LogP contribution in [0.25, 0.3) is 22.3 Å². The maximum atomic E-state index is 13.4. The summed E-state index contributed by atoms with van der Waals surface area (Å²) >= 11 is 0. The highest BCUT2D eigenvalue weighted by atomic mass is 19.2. The molecular weight excluding hydrogens is 498 g/mol. The molecule has 0 aliphatic carbocycles. The van der Waals surface area contributed by atoms with Crippen molar-refractivity contribution in [3.8, 4) is 56.8 Å². The zero-order valence-corrected chi connectivity index (χ0v) is 18.5. The average Bonchev–Trinajstić information content (AvgIpc) is 2.85. The van der Waals surface area contributed by atoms with Crippen LogP contribution in [0.1, 0.15) is 0 Å². The lowest BCUT2D eigenvalue weighted by molar-refractivity contribution is 0.181. The summed E-state index contributed by atoms with van der Waals surface area (Å²) in [7, 11) is 0. The fourth-order valence-corrected chi connectivity index (χ4v) is 3.46. The summed E-state index contributed by atoms with van der Waals surface area (Å²) in [6.07, 6.45) is 0. The molecule has 0 aromatic heterocycles. The summed E-state index contributed by atoms with van der Waals surface area (Å²) in [5.74, 6) is -0.873. The lowest BCUT2D eigenvalue weighted by Gasteiger charge is -2.20. The third-order valence-electron chi connectivity index (χ3n) is 4.73. The number of halogens is 6. The summed E-state index contributed by atoms with van der Waals surface area (Å²) in [4.78, 5) is 0. The lowest BCUT2D eigenvalue weighted by atomic mass is 9.96. The van der Waals surface area contributed by atoms with Crippen molar-refractivity contribution in [2.24, 2.45) is 0 Å². The molecule has 36 heavy (non-hydrogen) atoms. The summed E-state index contributed by atoms with van der Waals surface area (Å²) in [6.45, 7) is -7.64. The predicted octanol–water partition coefficient (Wildman–Crippen LogP) is 6.66. The van der Waals surface area contributed by atoms with Crippen LogP contribution in [0.2, 0.25) is 0 Å². The van der Waals surface area contributed by atoms with Crippen molar-refractivity contribution in [2.75, 3.05) is 41.2 Å². The van der Waals surface area contributed by atoms with Crippen molar-refractivity contribution in [1.29, 1.82) is 0 Å². The van der Waals surface area contributed by atoms with Crippen LogP contribution in [0.3, 0.4) is 0 Å². The summed E-state index contributed by atoms with van der Waals surface area (Å²) in [5, 5.41) is 0. The second-order valence-corrected chi connectivity index (χ2v) is 6.62. The quantitative estimate of drug-likeness (QED) is 0.223. The van der Waals surface area contributed by atoms with Crippen molar-refractivity contribution in [2.45, 2.75) is 0 Å². The van der Waals surface area contributed by atoms with Gasteiger partial charge in [0.2, 0.25) is 41.2 Å². The number of benzene rings is 3. The minimum atomic E-state index is -1.34. The molecule has 0 heterocycles. The lowest BCUT2D eigenvalue weighted by Crippen LogP contribution is -2.02. The van der Waals surface area contributed by atoms with E-state index in [2.05, 4.69) is 6.07 Å². The predicted molar refractivity (Wildman–Crippen MR) is 116 cm³/mol. The van der Waals surface area contributed by atoms with Gasteiger partial charge in [0.25, 0.3) is 0 Å². The fraction of sp³-hybridized carbons (Fsp3) is 0.250. The van der Waals surface area contributed by atoms with E-state index < -0.39 is 41.2 Å². The van der Waals surface area contributed by atoms with E-state index in [4.69, 9.17) is 28.4 Å². The molecule has 12 heteroatoms. The van der Waals surface area contributed by atoms with E-state index in [1.54, 1.807) is 0 Å². The van der Waals surface area contributed by atoms with Crippen molar-refractivity contribution >= 4 is 0 Å². The third kappa shape index (κ3) is 6.18. The molecule has 1 radical (unpaired) electrons. The number of alkyl halides is 6. The van der Waals surface area contributed by atoms with E-state index in [1.807, 2.05) is 0 Å². The molecule has 0 aliphatic heterocycles. The van der Waals surface area contributed by atoms with Crippen molar-refractivity contribution in [1.82, 2.24) is 0 Å². The molecule has 0 aliphatic rings. The Morgan fingerprint density at radius 1 is 0.444 bits per heavy atom. The standard InChI is InChI=1S/C24H19F6O6/c25-9-31-17-4-15(5-18(8-17)32-10-26)24-21(35-13-29)6-16(7-22(24)36-14-30)23-19(33-11-27)2-1-3-20(23)34-12-28/h2-8H,9-14H2. The Morgan fingerprint density at radius 2 is 0.806 bits per heavy atom. The topological polar surface area (TPSA) is 55.4 Å². The van der Waals surface area contributed by atoms with Gasteiger partial charge in [-0.15, -0.1) is 0 Å². The monoisotopic (exact) mass is 517 g/mol. The molecule has 0 saturated carbocycles. The molecule has 3 aromatic carbocycles. The van der Waals surface area contributed by atoms with Gasteiger partial charge < -0.3 is 28.4 Å². The molecule has 0 spiro atoms. The van der Waals surface area contributed by atoms with Crippen molar-refractivity contribution in [3.63, 3.8) is 0 Å².